The number of hydrogen-bond acceptors (Lipinski definition) is 4. The standard InChI is InChI=1S/C21H21ClIN3OS2/c1-21(2,3)11-4-6-13-15(10-24)19(29-17(13)8-11)26-20(28)25-18(27)14-9-12(23)5-7-16(14)22/h5,7,9,11H,4,6,8H2,1-3H3,(H2,25,26,27,28). The zero-order valence-electron chi connectivity index (χ0n) is 16.4. The molecule has 2 N–H and O–H groups in total. The fraction of sp³-hybridized carbons (Fsp3) is 0.381. The number of nitriles is 1. The second-order valence-corrected chi connectivity index (χ2v) is 11.3. The summed E-state index contributed by atoms with van der Waals surface area (Å²) >= 11 is 15.1. The lowest BCUT2D eigenvalue weighted by atomic mass is 9.72. The maximum atomic E-state index is 12.5. The number of anilines is 1. The molecule has 0 fully saturated rings. The number of nitrogens with one attached hydrogen (secondary N) is 2. The van der Waals surface area contributed by atoms with Crippen molar-refractivity contribution >= 4 is 73.8 Å². The molecule has 152 valence electrons. The van der Waals surface area contributed by atoms with Gasteiger partial charge in [-0.25, -0.2) is 0 Å². The summed E-state index contributed by atoms with van der Waals surface area (Å²) < 4.78 is 0.905. The van der Waals surface area contributed by atoms with Gasteiger partial charge in [0.05, 0.1) is 16.1 Å². The Morgan fingerprint density at radius 1 is 1.41 bits per heavy atom. The molecule has 4 nitrogen and oxygen atoms in total. The summed E-state index contributed by atoms with van der Waals surface area (Å²) in [5.74, 6) is 0.209. The number of amides is 1. The number of rotatable bonds is 2. The minimum absolute atomic E-state index is 0.160. The van der Waals surface area contributed by atoms with Crippen LogP contribution >= 0.6 is 57.7 Å². The van der Waals surface area contributed by atoms with Gasteiger partial charge in [0.25, 0.3) is 5.91 Å². The fourth-order valence-corrected chi connectivity index (χ4v) is 5.74. The molecule has 0 saturated heterocycles. The third kappa shape index (κ3) is 5.10. The van der Waals surface area contributed by atoms with Crippen LogP contribution < -0.4 is 10.6 Å². The molecule has 0 radical (unpaired) electrons. The van der Waals surface area contributed by atoms with Gasteiger partial charge in [0.15, 0.2) is 5.11 Å². The van der Waals surface area contributed by atoms with Crippen molar-refractivity contribution < 1.29 is 4.79 Å². The summed E-state index contributed by atoms with van der Waals surface area (Å²) in [7, 11) is 0. The molecule has 1 heterocycles. The van der Waals surface area contributed by atoms with E-state index in [0.717, 1.165) is 28.4 Å². The van der Waals surface area contributed by atoms with Gasteiger partial charge in [0.2, 0.25) is 0 Å². The van der Waals surface area contributed by atoms with E-state index in [1.165, 1.54) is 4.88 Å². The molecule has 3 rings (SSSR count). The Hall–Kier alpha value is -1.21. The van der Waals surface area contributed by atoms with E-state index in [-0.39, 0.29) is 16.4 Å². The zero-order chi connectivity index (χ0) is 21.3. The Bertz CT molecular complexity index is 1020. The first-order chi connectivity index (χ1) is 13.6. The van der Waals surface area contributed by atoms with Gasteiger partial charge in [-0.1, -0.05) is 32.4 Å². The smallest absolute Gasteiger partial charge is 0.258 e. The van der Waals surface area contributed by atoms with Crippen molar-refractivity contribution in [2.75, 3.05) is 5.32 Å². The topological polar surface area (TPSA) is 64.9 Å². The molecule has 1 aromatic carbocycles. The zero-order valence-corrected chi connectivity index (χ0v) is 20.9. The summed E-state index contributed by atoms with van der Waals surface area (Å²) in [6, 6.07) is 7.54. The van der Waals surface area contributed by atoms with Gasteiger partial charge in [-0.15, -0.1) is 11.3 Å². The molecule has 2 aromatic rings. The second-order valence-electron chi connectivity index (χ2n) is 8.16. The molecule has 0 spiro atoms. The lowest BCUT2D eigenvalue weighted by Crippen LogP contribution is -2.34. The molecule has 0 saturated carbocycles. The lowest BCUT2D eigenvalue weighted by Gasteiger charge is -2.33. The van der Waals surface area contributed by atoms with Gasteiger partial charge >= 0.3 is 0 Å². The molecule has 1 amide bonds. The molecule has 1 aliphatic carbocycles. The minimum Gasteiger partial charge on any atom is -0.323 e. The predicted octanol–water partition coefficient (Wildman–Crippen LogP) is 6.16. The van der Waals surface area contributed by atoms with Gasteiger partial charge in [-0.3, -0.25) is 10.1 Å². The third-order valence-electron chi connectivity index (χ3n) is 5.23. The highest BCUT2D eigenvalue weighted by molar-refractivity contribution is 14.1. The van der Waals surface area contributed by atoms with Crippen LogP contribution in [0.1, 0.15) is 53.6 Å². The first kappa shape index (κ1) is 22.5. The SMILES string of the molecule is CC(C)(C)C1CCc2c(sc(NC(=S)NC(=O)c3cc(I)ccc3Cl)c2C#N)C1. The first-order valence-corrected chi connectivity index (χ1v) is 11.9. The molecular weight excluding hydrogens is 537 g/mol. The van der Waals surface area contributed by atoms with Gasteiger partial charge < -0.3 is 5.32 Å². The Morgan fingerprint density at radius 2 is 2.14 bits per heavy atom. The van der Waals surface area contributed by atoms with Crippen molar-refractivity contribution in [3.8, 4) is 6.07 Å². The summed E-state index contributed by atoms with van der Waals surface area (Å²) in [6.45, 7) is 6.80. The number of carbonyl (C=O) groups excluding carboxylic acids is 1. The average Bonchev–Trinajstić information content (AvgIpc) is 2.98. The van der Waals surface area contributed by atoms with Gasteiger partial charge in [0.1, 0.15) is 11.1 Å². The lowest BCUT2D eigenvalue weighted by molar-refractivity contribution is 0.0978. The average molecular weight is 558 g/mol. The van der Waals surface area contributed by atoms with Crippen LogP contribution in [0.25, 0.3) is 0 Å². The summed E-state index contributed by atoms with van der Waals surface area (Å²) in [6.07, 6.45) is 2.94. The van der Waals surface area contributed by atoms with Crippen LogP contribution in [0.2, 0.25) is 5.02 Å². The second kappa shape index (κ2) is 8.88. The predicted molar refractivity (Wildman–Crippen MR) is 132 cm³/mol. The molecule has 1 aromatic heterocycles. The van der Waals surface area contributed by atoms with Crippen molar-refractivity contribution in [3.05, 3.63) is 48.4 Å². The van der Waals surface area contributed by atoms with E-state index in [4.69, 9.17) is 23.8 Å². The quantitative estimate of drug-likeness (QED) is 0.343. The highest BCUT2D eigenvalue weighted by Gasteiger charge is 2.32. The molecule has 0 bridgehead atoms. The number of hydrogen-bond donors (Lipinski definition) is 2. The maximum absolute atomic E-state index is 12.5. The highest BCUT2D eigenvalue weighted by atomic mass is 127. The van der Waals surface area contributed by atoms with E-state index in [1.54, 1.807) is 23.5 Å². The molecule has 1 unspecified atom stereocenters. The monoisotopic (exact) mass is 557 g/mol. The Kier molecular flexibility index (Phi) is 6.88. The normalized spacial score (nSPS) is 15.9. The van der Waals surface area contributed by atoms with E-state index >= 15 is 0 Å². The number of benzene rings is 1. The van der Waals surface area contributed by atoms with Crippen LogP contribution in [-0.2, 0) is 12.8 Å². The van der Waals surface area contributed by atoms with Crippen molar-refractivity contribution in [2.24, 2.45) is 11.3 Å². The number of thiocarbonyl (C=S) groups is 1. The van der Waals surface area contributed by atoms with Crippen LogP contribution in [0.5, 0.6) is 0 Å². The van der Waals surface area contributed by atoms with Gasteiger partial charge in [-0.2, -0.15) is 5.26 Å². The molecule has 1 atom stereocenters. The van der Waals surface area contributed by atoms with Crippen molar-refractivity contribution in [3.63, 3.8) is 0 Å². The van der Waals surface area contributed by atoms with Crippen molar-refractivity contribution in [1.82, 2.24) is 5.32 Å². The Balaban J connectivity index is 1.76. The van der Waals surface area contributed by atoms with E-state index in [0.29, 0.717) is 27.1 Å². The van der Waals surface area contributed by atoms with E-state index in [1.807, 2.05) is 6.07 Å². The third-order valence-corrected chi connectivity index (χ3v) is 7.60. The maximum Gasteiger partial charge on any atom is 0.258 e. The van der Waals surface area contributed by atoms with Crippen molar-refractivity contribution in [1.29, 1.82) is 5.26 Å². The molecule has 0 aliphatic heterocycles. The van der Waals surface area contributed by atoms with Crippen molar-refractivity contribution in [2.45, 2.75) is 40.0 Å². The van der Waals surface area contributed by atoms with Crippen LogP contribution in [0.15, 0.2) is 18.2 Å². The molecule has 8 heteroatoms. The Morgan fingerprint density at radius 3 is 2.79 bits per heavy atom. The minimum atomic E-state index is -0.376. The summed E-state index contributed by atoms with van der Waals surface area (Å²) in [5, 5.41) is 16.6. The van der Waals surface area contributed by atoms with E-state index in [9.17, 15) is 10.1 Å². The number of fused-ring (bicyclic) bond motifs is 1. The van der Waals surface area contributed by atoms with E-state index in [2.05, 4.69) is 60.1 Å². The fourth-order valence-electron chi connectivity index (χ4n) is 3.51. The largest absolute Gasteiger partial charge is 0.323 e. The van der Waals surface area contributed by atoms with E-state index < -0.39 is 0 Å². The number of carbonyl (C=O) groups is 1. The van der Waals surface area contributed by atoms with Crippen LogP contribution in [0, 0.1) is 26.2 Å². The van der Waals surface area contributed by atoms with Gasteiger partial charge in [0, 0.05) is 8.45 Å². The molecule has 29 heavy (non-hydrogen) atoms. The summed E-state index contributed by atoms with van der Waals surface area (Å²) in [5.41, 5.74) is 2.36. The summed E-state index contributed by atoms with van der Waals surface area (Å²) in [4.78, 5) is 13.8. The van der Waals surface area contributed by atoms with Crippen LogP contribution in [-0.4, -0.2) is 11.0 Å². The Labute approximate surface area is 199 Å². The number of thiophene rings is 1. The number of nitrogens with zero attached hydrogens (tertiary/aromatic N) is 1. The molecular formula is C21H21ClIN3OS2. The van der Waals surface area contributed by atoms with Crippen LogP contribution in [0.4, 0.5) is 5.00 Å². The highest BCUT2D eigenvalue weighted by Crippen LogP contribution is 2.43. The molecule has 1 aliphatic rings. The van der Waals surface area contributed by atoms with Gasteiger partial charge in [-0.05, 0) is 89.2 Å². The van der Waals surface area contributed by atoms with Crippen LogP contribution in [0.3, 0.4) is 0 Å². The number of halogens is 2. The first-order valence-electron chi connectivity index (χ1n) is 9.22.